The molecule has 0 bridgehead atoms. The number of rotatable bonds is 6. The summed E-state index contributed by atoms with van der Waals surface area (Å²) in [5.74, 6) is 1.92. The van der Waals surface area contributed by atoms with E-state index in [9.17, 15) is 4.79 Å². The second-order valence-corrected chi connectivity index (χ2v) is 8.62. The molecule has 1 unspecified atom stereocenters. The first kappa shape index (κ1) is 25.7. The smallest absolute Gasteiger partial charge is 0.225 e. The van der Waals surface area contributed by atoms with Crippen LogP contribution in [0.5, 0.6) is 5.75 Å². The number of hydrogen-bond acceptors (Lipinski definition) is 4. The number of nitrogens with zero attached hydrogens (tertiary/aromatic N) is 2. The van der Waals surface area contributed by atoms with Crippen molar-refractivity contribution in [1.82, 2.24) is 15.5 Å². The maximum absolute atomic E-state index is 12.3. The minimum Gasteiger partial charge on any atom is -0.497 e. The van der Waals surface area contributed by atoms with Crippen LogP contribution in [0.15, 0.2) is 29.3 Å². The monoisotopic (exact) mass is 544 g/mol. The van der Waals surface area contributed by atoms with E-state index in [1.165, 1.54) is 5.56 Å². The van der Waals surface area contributed by atoms with Crippen molar-refractivity contribution < 1.29 is 14.3 Å². The van der Waals surface area contributed by atoms with Gasteiger partial charge in [0.05, 0.1) is 7.11 Å². The number of nitrogens with one attached hydrogen (secondary N) is 2. The molecule has 1 amide bonds. The molecule has 2 saturated heterocycles. The SMILES string of the molecule is CN=C(NCC1(c2ccc(OC)cc2)CCOCC1)NC1CCN(C(=O)C(C)C)C1.I. The Hall–Kier alpha value is -1.55. The summed E-state index contributed by atoms with van der Waals surface area (Å²) in [6.45, 7) is 7.74. The number of halogens is 1. The van der Waals surface area contributed by atoms with Crippen LogP contribution in [0.3, 0.4) is 0 Å². The normalized spacial score (nSPS) is 20.9. The summed E-state index contributed by atoms with van der Waals surface area (Å²) in [5.41, 5.74) is 1.29. The Kier molecular flexibility index (Phi) is 9.87. The number of likely N-dealkylation sites (tertiary alicyclic amines) is 1. The standard InChI is InChI=1S/C23H36N4O3.HI/c1-17(2)21(28)27-12-9-19(15-27)26-22(24-3)25-16-23(10-13-30-14-11-23)18-5-7-20(29-4)8-6-18;/h5-8,17,19H,9-16H2,1-4H3,(H2,24,25,26);1H. The molecule has 0 radical (unpaired) electrons. The first-order valence-electron chi connectivity index (χ1n) is 11.0. The third-order valence-corrected chi connectivity index (χ3v) is 6.30. The van der Waals surface area contributed by atoms with Crippen LogP contribution in [-0.2, 0) is 14.9 Å². The average molecular weight is 544 g/mol. The highest BCUT2D eigenvalue weighted by atomic mass is 127. The van der Waals surface area contributed by atoms with E-state index in [2.05, 4.69) is 27.8 Å². The Balaban J connectivity index is 0.00000341. The van der Waals surface area contributed by atoms with Gasteiger partial charge in [-0.05, 0) is 37.0 Å². The minimum atomic E-state index is -0.00252. The largest absolute Gasteiger partial charge is 0.497 e. The lowest BCUT2D eigenvalue weighted by Crippen LogP contribution is -2.50. The van der Waals surface area contributed by atoms with Gasteiger partial charge < -0.3 is 25.0 Å². The van der Waals surface area contributed by atoms with Crippen molar-refractivity contribution in [2.24, 2.45) is 10.9 Å². The number of carbonyl (C=O) groups is 1. The van der Waals surface area contributed by atoms with Crippen molar-refractivity contribution in [3.8, 4) is 5.75 Å². The summed E-state index contributed by atoms with van der Waals surface area (Å²) in [7, 11) is 3.49. The van der Waals surface area contributed by atoms with Crippen molar-refractivity contribution in [3.05, 3.63) is 29.8 Å². The molecule has 0 aliphatic carbocycles. The summed E-state index contributed by atoms with van der Waals surface area (Å²) in [6, 6.07) is 8.60. The molecule has 1 aromatic carbocycles. The molecule has 0 saturated carbocycles. The lowest BCUT2D eigenvalue weighted by Gasteiger charge is -2.38. The van der Waals surface area contributed by atoms with E-state index in [1.54, 1.807) is 14.2 Å². The van der Waals surface area contributed by atoms with E-state index in [0.29, 0.717) is 0 Å². The fourth-order valence-corrected chi connectivity index (χ4v) is 4.36. The van der Waals surface area contributed by atoms with Crippen LogP contribution in [0.2, 0.25) is 0 Å². The first-order valence-corrected chi connectivity index (χ1v) is 11.0. The van der Waals surface area contributed by atoms with Crippen molar-refractivity contribution >= 4 is 35.8 Å². The molecule has 0 aromatic heterocycles. The molecule has 3 rings (SSSR count). The van der Waals surface area contributed by atoms with Crippen LogP contribution in [-0.4, -0.2) is 69.8 Å². The van der Waals surface area contributed by atoms with Crippen LogP contribution >= 0.6 is 24.0 Å². The van der Waals surface area contributed by atoms with Gasteiger partial charge in [0.1, 0.15) is 5.75 Å². The van der Waals surface area contributed by atoms with Gasteiger partial charge in [0.25, 0.3) is 0 Å². The molecule has 2 aliphatic heterocycles. The molecule has 8 heteroatoms. The van der Waals surface area contributed by atoms with E-state index in [-0.39, 0.29) is 47.3 Å². The van der Waals surface area contributed by atoms with E-state index in [4.69, 9.17) is 9.47 Å². The average Bonchev–Trinajstić information content (AvgIpc) is 3.25. The second-order valence-electron chi connectivity index (χ2n) is 8.62. The lowest BCUT2D eigenvalue weighted by atomic mass is 9.74. The van der Waals surface area contributed by atoms with Gasteiger partial charge in [-0.2, -0.15) is 0 Å². The molecule has 2 heterocycles. The third-order valence-electron chi connectivity index (χ3n) is 6.30. The van der Waals surface area contributed by atoms with Gasteiger partial charge >= 0.3 is 0 Å². The van der Waals surface area contributed by atoms with Gasteiger partial charge in [-0.3, -0.25) is 9.79 Å². The number of benzene rings is 1. The quantitative estimate of drug-likeness (QED) is 0.328. The molecule has 0 spiro atoms. The minimum absolute atomic E-state index is 0. The number of carbonyl (C=O) groups excluding carboxylic acids is 1. The Morgan fingerprint density at radius 3 is 2.55 bits per heavy atom. The maximum atomic E-state index is 12.3. The van der Waals surface area contributed by atoms with Gasteiger partial charge in [0.2, 0.25) is 5.91 Å². The van der Waals surface area contributed by atoms with Crippen molar-refractivity contribution in [2.75, 3.05) is 47.0 Å². The van der Waals surface area contributed by atoms with Crippen LogP contribution in [0.4, 0.5) is 0 Å². The van der Waals surface area contributed by atoms with Crippen molar-refractivity contribution in [2.45, 2.75) is 44.6 Å². The Morgan fingerprint density at radius 1 is 1.29 bits per heavy atom. The second kappa shape index (κ2) is 11.9. The Bertz CT molecular complexity index is 733. The lowest BCUT2D eigenvalue weighted by molar-refractivity contribution is -0.133. The summed E-state index contributed by atoms with van der Waals surface area (Å²) in [6.07, 6.45) is 2.86. The highest BCUT2D eigenvalue weighted by molar-refractivity contribution is 14.0. The predicted octanol–water partition coefficient (Wildman–Crippen LogP) is 2.78. The van der Waals surface area contributed by atoms with Gasteiger partial charge in [0, 0.05) is 57.3 Å². The molecular formula is C23H37IN4O3. The summed E-state index contributed by atoms with van der Waals surface area (Å²) in [4.78, 5) is 18.6. The fourth-order valence-electron chi connectivity index (χ4n) is 4.36. The molecule has 1 aromatic rings. The molecule has 2 aliphatic rings. The zero-order valence-electron chi connectivity index (χ0n) is 19.1. The van der Waals surface area contributed by atoms with E-state index >= 15 is 0 Å². The van der Waals surface area contributed by atoms with Gasteiger partial charge in [-0.15, -0.1) is 24.0 Å². The molecule has 2 fully saturated rings. The number of ether oxygens (including phenoxy) is 2. The predicted molar refractivity (Wildman–Crippen MR) is 134 cm³/mol. The molecule has 31 heavy (non-hydrogen) atoms. The molecule has 174 valence electrons. The van der Waals surface area contributed by atoms with E-state index < -0.39 is 0 Å². The molecule has 2 N–H and O–H groups in total. The Labute approximate surface area is 203 Å². The molecule has 1 atom stereocenters. The fraction of sp³-hybridized carbons (Fsp3) is 0.652. The number of amides is 1. The number of aliphatic imine (C=N–C) groups is 1. The van der Waals surface area contributed by atoms with Crippen LogP contribution in [0.1, 0.15) is 38.7 Å². The Morgan fingerprint density at radius 2 is 1.97 bits per heavy atom. The van der Waals surface area contributed by atoms with Crippen LogP contribution < -0.4 is 15.4 Å². The van der Waals surface area contributed by atoms with Crippen molar-refractivity contribution in [1.29, 1.82) is 0 Å². The van der Waals surface area contributed by atoms with Crippen molar-refractivity contribution in [3.63, 3.8) is 0 Å². The maximum Gasteiger partial charge on any atom is 0.225 e. The summed E-state index contributed by atoms with van der Waals surface area (Å²) < 4.78 is 11.0. The van der Waals surface area contributed by atoms with E-state index in [1.807, 2.05) is 30.9 Å². The number of hydrogen-bond donors (Lipinski definition) is 2. The summed E-state index contributed by atoms with van der Waals surface area (Å²) >= 11 is 0. The van der Waals surface area contributed by atoms with E-state index in [0.717, 1.165) is 63.8 Å². The highest BCUT2D eigenvalue weighted by Crippen LogP contribution is 2.35. The molecular weight excluding hydrogens is 507 g/mol. The zero-order chi connectivity index (χ0) is 21.6. The first-order chi connectivity index (χ1) is 14.5. The number of guanidine groups is 1. The topological polar surface area (TPSA) is 75.2 Å². The van der Waals surface area contributed by atoms with Crippen LogP contribution in [0, 0.1) is 5.92 Å². The van der Waals surface area contributed by atoms with Gasteiger partial charge in [0.15, 0.2) is 5.96 Å². The highest BCUT2D eigenvalue weighted by Gasteiger charge is 2.35. The van der Waals surface area contributed by atoms with Gasteiger partial charge in [-0.25, -0.2) is 0 Å². The summed E-state index contributed by atoms with van der Waals surface area (Å²) in [5, 5.41) is 7.06. The third kappa shape index (κ3) is 6.47. The van der Waals surface area contributed by atoms with Crippen LogP contribution in [0.25, 0.3) is 0 Å². The number of methoxy groups -OCH3 is 1. The zero-order valence-corrected chi connectivity index (χ0v) is 21.5. The molecule has 7 nitrogen and oxygen atoms in total. The van der Waals surface area contributed by atoms with Gasteiger partial charge in [-0.1, -0.05) is 26.0 Å².